The molecular formula is C44H50Cl2O2Zr. The molecule has 2 nitrogen and oxygen atoms in total. The Morgan fingerprint density at radius 2 is 0.878 bits per heavy atom. The zero-order chi connectivity index (χ0) is 36.2. The average Bonchev–Trinajstić information content (AvgIpc) is 3.55. The molecule has 0 unspecified atom stereocenters. The Morgan fingerprint density at radius 1 is 0.531 bits per heavy atom. The van der Waals surface area contributed by atoms with E-state index in [4.69, 9.17) is 17.0 Å². The molecule has 49 heavy (non-hydrogen) atoms. The standard InChI is InChI=1S/2C22H25O.2ClH.Zr/c2*1-21(2,3)17-7-8-19-14(10-17)9-15-11-18(22(4,5)6)12-16(13-23)20(15)19;;;/h2*7-8,10,12-13H,9H2,1-6H3;2*1H;/q;;;;+2/p-2. The van der Waals surface area contributed by atoms with Crippen molar-refractivity contribution in [2.75, 3.05) is 0 Å². The summed E-state index contributed by atoms with van der Waals surface area (Å²) in [6, 6.07) is 17.5. The van der Waals surface area contributed by atoms with E-state index in [9.17, 15) is 9.59 Å². The number of carbonyl (C=O) groups is 2. The van der Waals surface area contributed by atoms with Crippen LogP contribution in [0.15, 0.2) is 48.5 Å². The monoisotopic (exact) mass is 770 g/mol. The van der Waals surface area contributed by atoms with Gasteiger partial charge in [0, 0.05) is 0 Å². The molecule has 0 bridgehead atoms. The molecule has 0 spiro atoms. The zero-order valence-corrected chi connectivity index (χ0v) is 35.2. The summed E-state index contributed by atoms with van der Waals surface area (Å²) < 4.78 is 2.13. The summed E-state index contributed by atoms with van der Waals surface area (Å²) >= 11 is -4.70. The Labute approximate surface area is 305 Å². The van der Waals surface area contributed by atoms with E-state index in [1.165, 1.54) is 22.3 Å². The van der Waals surface area contributed by atoms with E-state index in [2.05, 4.69) is 132 Å². The van der Waals surface area contributed by atoms with Gasteiger partial charge in [-0.2, -0.15) is 0 Å². The van der Waals surface area contributed by atoms with Gasteiger partial charge >= 0.3 is 308 Å². The molecular weight excluding hydrogens is 723 g/mol. The quantitative estimate of drug-likeness (QED) is 0.167. The molecule has 0 radical (unpaired) electrons. The summed E-state index contributed by atoms with van der Waals surface area (Å²) in [6.07, 6.45) is 3.37. The third-order valence-electron chi connectivity index (χ3n) is 10.6. The Kier molecular flexibility index (Phi) is 8.83. The van der Waals surface area contributed by atoms with Gasteiger partial charge in [-0.05, 0) is 0 Å². The van der Waals surface area contributed by atoms with E-state index in [0.717, 1.165) is 63.6 Å². The van der Waals surface area contributed by atoms with E-state index < -0.39 is 17.9 Å². The second-order valence-electron chi connectivity index (χ2n) is 18.4. The van der Waals surface area contributed by atoms with E-state index in [1.807, 2.05) is 0 Å². The number of benzene rings is 4. The summed E-state index contributed by atoms with van der Waals surface area (Å²) in [5.41, 5.74) is 14.2. The first-order valence-electron chi connectivity index (χ1n) is 17.5. The molecule has 4 aromatic rings. The molecule has 0 atom stereocenters. The van der Waals surface area contributed by atoms with Gasteiger partial charge in [0.2, 0.25) is 0 Å². The van der Waals surface area contributed by atoms with E-state index >= 15 is 0 Å². The molecule has 4 aromatic carbocycles. The SMILES string of the molecule is CC(C)(C)c1ccc2c(c1)Cc1c-2c(C=O)cc(C(C)(C)C)[c]1[Zr]([Cl])([Cl])[c]1c(C(C)(C)C)cc(C=O)c2c1Cc1cc(C(C)(C)C)ccc1-2. The summed E-state index contributed by atoms with van der Waals surface area (Å²) in [7, 11) is 16.5. The first-order valence-corrected chi connectivity index (χ1v) is 26.3. The Morgan fingerprint density at radius 3 is 1.16 bits per heavy atom. The summed E-state index contributed by atoms with van der Waals surface area (Å²) in [5.74, 6) is 0. The number of aldehydes is 2. The second kappa shape index (κ2) is 11.9. The fourth-order valence-electron chi connectivity index (χ4n) is 8.01. The molecule has 0 saturated carbocycles. The van der Waals surface area contributed by atoms with Crippen LogP contribution in [0.5, 0.6) is 0 Å². The van der Waals surface area contributed by atoms with Crippen molar-refractivity contribution in [3.05, 3.63) is 104 Å². The minimum absolute atomic E-state index is 0.0109. The van der Waals surface area contributed by atoms with Crippen LogP contribution in [0.1, 0.15) is 148 Å². The minimum atomic E-state index is -4.70. The third kappa shape index (κ3) is 6.09. The van der Waals surface area contributed by atoms with Gasteiger partial charge < -0.3 is 0 Å². The predicted octanol–water partition coefficient (Wildman–Crippen LogP) is 11.1. The number of rotatable bonds is 4. The summed E-state index contributed by atoms with van der Waals surface area (Å²) in [4.78, 5) is 25.7. The Hall–Kier alpha value is -2.32. The van der Waals surface area contributed by atoms with Gasteiger partial charge in [-0.25, -0.2) is 0 Å². The van der Waals surface area contributed by atoms with Gasteiger partial charge in [0.15, 0.2) is 0 Å². The van der Waals surface area contributed by atoms with Crippen molar-refractivity contribution in [1.29, 1.82) is 0 Å². The molecule has 0 amide bonds. The van der Waals surface area contributed by atoms with Crippen LogP contribution in [0.25, 0.3) is 22.3 Å². The van der Waals surface area contributed by atoms with Crippen molar-refractivity contribution in [3.8, 4) is 22.3 Å². The fraction of sp³-hybridized carbons (Fsp3) is 0.409. The van der Waals surface area contributed by atoms with Crippen LogP contribution in [-0.4, -0.2) is 12.6 Å². The van der Waals surface area contributed by atoms with Crippen molar-refractivity contribution in [2.45, 2.75) is 118 Å². The molecule has 256 valence electrons. The fourth-order valence-corrected chi connectivity index (χ4v) is 20.5. The Bertz CT molecular complexity index is 1910. The predicted molar refractivity (Wildman–Crippen MR) is 206 cm³/mol. The van der Waals surface area contributed by atoms with Crippen LogP contribution in [0.4, 0.5) is 0 Å². The first kappa shape index (κ1) is 36.5. The first-order chi connectivity index (χ1) is 22.5. The molecule has 5 heteroatoms. The van der Waals surface area contributed by atoms with Gasteiger partial charge in [0.05, 0.1) is 0 Å². The number of halogens is 2. The van der Waals surface area contributed by atoms with Crippen molar-refractivity contribution < 1.29 is 27.5 Å². The van der Waals surface area contributed by atoms with Gasteiger partial charge in [0.1, 0.15) is 0 Å². The van der Waals surface area contributed by atoms with E-state index in [-0.39, 0.29) is 21.7 Å². The maximum absolute atomic E-state index is 12.9. The Balaban J connectivity index is 1.71. The number of hydrogen-bond acceptors (Lipinski definition) is 2. The van der Waals surface area contributed by atoms with Crippen molar-refractivity contribution in [1.82, 2.24) is 0 Å². The van der Waals surface area contributed by atoms with Crippen LogP contribution in [0.3, 0.4) is 0 Å². The van der Waals surface area contributed by atoms with Crippen LogP contribution < -0.4 is 6.54 Å². The molecule has 0 fully saturated rings. The number of carbonyl (C=O) groups excluding carboxylic acids is 2. The molecule has 2 aliphatic rings. The molecule has 6 rings (SSSR count). The van der Waals surface area contributed by atoms with Crippen LogP contribution in [0.2, 0.25) is 0 Å². The topological polar surface area (TPSA) is 34.1 Å². The van der Waals surface area contributed by atoms with Crippen molar-refractivity contribution in [3.63, 3.8) is 0 Å². The van der Waals surface area contributed by atoms with Crippen LogP contribution in [0, 0.1) is 0 Å². The number of fused-ring (bicyclic) bond motifs is 6. The number of hydrogen-bond donors (Lipinski definition) is 0. The maximum atomic E-state index is 12.9. The zero-order valence-electron chi connectivity index (χ0n) is 31.3. The van der Waals surface area contributed by atoms with Gasteiger partial charge in [-0.3, -0.25) is 0 Å². The summed E-state index contributed by atoms with van der Waals surface area (Å²) in [5, 5.41) is 0. The molecule has 0 saturated heterocycles. The second-order valence-corrected chi connectivity index (χ2v) is 31.5. The molecule has 0 heterocycles. The van der Waals surface area contributed by atoms with Crippen LogP contribution >= 0.6 is 17.0 Å². The molecule has 2 aliphatic carbocycles. The van der Waals surface area contributed by atoms with Crippen molar-refractivity contribution in [2.24, 2.45) is 0 Å². The van der Waals surface area contributed by atoms with Crippen LogP contribution in [-0.2, 0) is 52.4 Å². The van der Waals surface area contributed by atoms with Gasteiger partial charge in [0.25, 0.3) is 0 Å². The van der Waals surface area contributed by atoms with Crippen molar-refractivity contribution >= 4 is 36.1 Å². The average molecular weight is 773 g/mol. The van der Waals surface area contributed by atoms with Gasteiger partial charge in [-0.15, -0.1) is 0 Å². The third-order valence-corrected chi connectivity index (χ3v) is 21.0. The van der Waals surface area contributed by atoms with E-state index in [1.54, 1.807) is 0 Å². The summed E-state index contributed by atoms with van der Waals surface area (Å²) in [6.45, 7) is 26.5. The normalized spacial score (nSPS) is 14.3. The van der Waals surface area contributed by atoms with Gasteiger partial charge in [-0.1, -0.05) is 0 Å². The molecule has 0 aromatic heterocycles. The molecule has 0 N–H and O–H groups in total. The van der Waals surface area contributed by atoms with E-state index in [0.29, 0.717) is 24.0 Å². The molecule has 0 aliphatic heterocycles.